The van der Waals surface area contributed by atoms with Gasteiger partial charge in [-0.2, -0.15) is 0 Å². The van der Waals surface area contributed by atoms with Gasteiger partial charge in [0.05, 0.1) is 6.04 Å². The van der Waals surface area contributed by atoms with Crippen molar-refractivity contribution in [2.75, 3.05) is 5.32 Å². The van der Waals surface area contributed by atoms with Gasteiger partial charge in [0.2, 0.25) is 0 Å². The second kappa shape index (κ2) is 7.03. The molecule has 0 radical (unpaired) electrons. The van der Waals surface area contributed by atoms with Crippen molar-refractivity contribution < 1.29 is 9.50 Å². The van der Waals surface area contributed by atoms with Crippen molar-refractivity contribution in [1.29, 1.82) is 0 Å². The highest BCUT2D eigenvalue weighted by molar-refractivity contribution is 5.86. The number of anilines is 1. The molecule has 27 heavy (non-hydrogen) atoms. The summed E-state index contributed by atoms with van der Waals surface area (Å²) in [6.45, 7) is 1.90. The topological polar surface area (TPSA) is 58.0 Å². The van der Waals surface area contributed by atoms with Crippen LogP contribution < -0.4 is 5.32 Å². The molecule has 2 aromatic carbocycles. The van der Waals surface area contributed by atoms with Crippen LogP contribution >= 0.6 is 0 Å². The fraction of sp³-hybridized carbons (Fsp3) is 0.0909. The molecular formula is C22H18FN3O. The van der Waals surface area contributed by atoms with E-state index in [9.17, 15) is 9.50 Å². The number of aryl methyl sites for hydroxylation is 1. The van der Waals surface area contributed by atoms with Gasteiger partial charge in [0.1, 0.15) is 22.9 Å². The number of fused-ring (bicyclic) bond motifs is 1. The Balaban J connectivity index is 1.86. The van der Waals surface area contributed by atoms with Crippen LogP contribution in [0.5, 0.6) is 5.75 Å². The van der Waals surface area contributed by atoms with E-state index >= 15 is 0 Å². The van der Waals surface area contributed by atoms with E-state index in [0.717, 1.165) is 11.1 Å². The minimum atomic E-state index is -0.485. The number of nitrogens with one attached hydrogen (secondary N) is 1. The Kier molecular flexibility index (Phi) is 4.42. The van der Waals surface area contributed by atoms with Gasteiger partial charge in [0.25, 0.3) is 0 Å². The first-order valence-electron chi connectivity index (χ1n) is 8.64. The first-order chi connectivity index (χ1) is 13.1. The molecule has 4 nitrogen and oxygen atoms in total. The molecular weight excluding hydrogens is 341 g/mol. The fourth-order valence-electron chi connectivity index (χ4n) is 3.18. The predicted octanol–water partition coefficient (Wildman–Crippen LogP) is 4.98. The Bertz CT molecular complexity index is 1110. The third kappa shape index (κ3) is 3.44. The summed E-state index contributed by atoms with van der Waals surface area (Å²) in [5.41, 5.74) is 2.66. The lowest BCUT2D eigenvalue weighted by atomic mass is 9.96. The molecule has 2 heterocycles. The minimum absolute atomic E-state index is 0.0718. The summed E-state index contributed by atoms with van der Waals surface area (Å²) in [4.78, 5) is 8.76. The van der Waals surface area contributed by atoms with E-state index in [4.69, 9.17) is 0 Å². The Morgan fingerprint density at radius 2 is 1.85 bits per heavy atom. The number of phenolic OH excluding ortho intramolecular Hbond substituents is 1. The minimum Gasteiger partial charge on any atom is -0.505 e. The molecule has 2 N–H and O–H groups in total. The van der Waals surface area contributed by atoms with E-state index in [1.807, 2.05) is 55.5 Å². The van der Waals surface area contributed by atoms with Crippen LogP contribution in [0, 0.1) is 12.7 Å². The van der Waals surface area contributed by atoms with Crippen molar-refractivity contribution >= 4 is 16.7 Å². The molecule has 0 bridgehead atoms. The smallest absolute Gasteiger partial charge is 0.147 e. The lowest BCUT2D eigenvalue weighted by molar-refractivity contribution is 0.471. The maximum absolute atomic E-state index is 13.9. The molecule has 0 spiro atoms. The van der Waals surface area contributed by atoms with E-state index in [1.54, 1.807) is 12.3 Å². The summed E-state index contributed by atoms with van der Waals surface area (Å²) in [6, 6.07) is 18.9. The summed E-state index contributed by atoms with van der Waals surface area (Å²) in [5, 5.41) is 15.0. The fourth-order valence-corrected chi connectivity index (χ4v) is 3.18. The number of nitrogens with zero attached hydrogens (tertiary/aromatic N) is 2. The molecule has 0 aliphatic rings. The van der Waals surface area contributed by atoms with Crippen LogP contribution in [0.4, 0.5) is 10.2 Å². The molecule has 4 aromatic rings. The van der Waals surface area contributed by atoms with Crippen LogP contribution in [0.1, 0.15) is 22.9 Å². The molecule has 5 heteroatoms. The highest BCUT2D eigenvalue weighted by Crippen LogP contribution is 2.36. The third-order valence-corrected chi connectivity index (χ3v) is 4.45. The Hall–Kier alpha value is -3.47. The van der Waals surface area contributed by atoms with Crippen LogP contribution in [-0.2, 0) is 0 Å². The number of aromatic hydroxyl groups is 1. The van der Waals surface area contributed by atoms with Crippen LogP contribution in [0.15, 0.2) is 72.9 Å². The molecule has 0 saturated heterocycles. The number of phenols is 1. The van der Waals surface area contributed by atoms with Crippen molar-refractivity contribution in [3.05, 3.63) is 95.6 Å². The predicted molar refractivity (Wildman–Crippen MR) is 104 cm³/mol. The second-order valence-corrected chi connectivity index (χ2v) is 6.38. The summed E-state index contributed by atoms with van der Waals surface area (Å²) >= 11 is 0. The molecule has 134 valence electrons. The summed E-state index contributed by atoms with van der Waals surface area (Å²) in [6.07, 6.45) is 1.64. The highest BCUT2D eigenvalue weighted by atomic mass is 19.1. The largest absolute Gasteiger partial charge is 0.505 e. The van der Waals surface area contributed by atoms with Gasteiger partial charge < -0.3 is 10.4 Å². The van der Waals surface area contributed by atoms with Crippen LogP contribution in [0.3, 0.4) is 0 Å². The van der Waals surface area contributed by atoms with Crippen LogP contribution in [-0.4, -0.2) is 15.1 Å². The van der Waals surface area contributed by atoms with Crippen molar-refractivity contribution in [1.82, 2.24) is 9.97 Å². The Labute approximate surface area is 156 Å². The van der Waals surface area contributed by atoms with Crippen molar-refractivity contribution in [2.24, 2.45) is 0 Å². The van der Waals surface area contributed by atoms with Crippen molar-refractivity contribution in [3.63, 3.8) is 0 Å². The molecule has 0 unspecified atom stereocenters. The average Bonchev–Trinajstić information content (AvgIpc) is 2.67. The van der Waals surface area contributed by atoms with Crippen molar-refractivity contribution in [2.45, 2.75) is 13.0 Å². The zero-order valence-corrected chi connectivity index (χ0v) is 14.7. The maximum atomic E-state index is 13.9. The van der Waals surface area contributed by atoms with E-state index < -0.39 is 6.04 Å². The molecule has 0 saturated carbocycles. The van der Waals surface area contributed by atoms with Gasteiger partial charge in [-0.1, -0.05) is 36.4 Å². The molecule has 4 rings (SSSR count). The molecule has 0 fully saturated rings. The molecule has 0 amide bonds. The van der Waals surface area contributed by atoms with Gasteiger partial charge >= 0.3 is 0 Å². The van der Waals surface area contributed by atoms with Gasteiger partial charge in [-0.05, 0) is 42.8 Å². The van der Waals surface area contributed by atoms with E-state index in [0.29, 0.717) is 22.5 Å². The van der Waals surface area contributed by atoms with Crippen molar-refractivity contribution in [3.8, 4) is 5.75 Å². The average molecular weight is 359 g/mol. The number of benzene rings is 2. The van der Waals surface area contributed by atoms with Gasteiger partial charge in [0, 0.05) is 22.8 Å². The number of rotatable bonds is 4. The zero-order chi connectivity index (χ0) is 18.8. The van der Waals surface area contributed by atoms with E-state index in [1.165, 1.54) is 12.1 Å². The SMILES string of the molecule is Cc1cccc(N[C@@H](c2cccc(F)c2)c2ccc3cccnc3c2O)n1. The van der Waals surface area contributed by atoms with Gasteiger partial charge in [-0.3, -0.25) is 4.98 Å². The van der Waals surface area contributed by atoms with Crippen LogP contribution in [0.25, 0.3) is 10.9 Å². The number of aromatic nitrogens is 2. The number of hydrogen-bond donors (Lipinski definition) is 2. The first-order valence-corrected chi connectivity index (χ1v) is 8.64. The summed E-state index contributed by atoms with van der Waals surface area (Å²) < 4.78 is 13.9. The summed E-state index contributed by atoms with van der Waals surface area (Å²) in [5.74, 6) is 0.377. The third-order valence-electron chi connectivity index (χ3n) is 4.45. The molecule has 0 aliphatic heterocycles. The monoisotopic (exact) mass is 359 g/mol. The number of pyridine rings is 2. The highest BCUT2D eigenvalue weighted by Gasteiger charge is 2.20. The molecule has 1 atom stereocenters. The quantitative estimate of drug-likeness (QED) is 0.539. The normalized spacial score (nSPS) is 12.1. The number of halogens is 1. The van der Waals surface area contributed by atoms with Gasteiger partial charge in [0.15, 0.2) is 0 Å². The van der Waals surface area contributed by atoms with E-state index in [2.05, 4.69) is 15.3 Å². The lowest BCUT2D eigenvalue weighted by Gasteiger charge is -2.22. The summed E-state index contributed by atoms with van der Waals surface area (Å²) in [7, 11) is 0. The second-order valence-electron chi connectivity index (χ2n) is 6.38. The molecule has 2 aromatic heterocycles. The zero-order valence-electron chi connectivity index (χ0n) is 14.7. The van der Waals surface area contributed by atoms with E-state index in [-0.39, 0.29) is 11.6 Å². The maximum Gasteiger partial charge on any atom is 0.147 e. The Morgan fingerprint density at radius 3 is 2.67 bits per heavy atom. The lowest BCUT2D eigenvalue weighted by Crippen LogP contribution is -2.14. The standard InChI is InChI=1S/C22H18FN3O/c1-14-5-2-9-19(25-14)26-20(16-6-3-8-17(23)13-16)18-11-10-15-7-4-12-24-21(15)22(18)27/h2-13,20,27H,1H3,(H,25,26)/t20-/m0/s1. The molecule has 0 aliphatic carbocycles. The Morgan fingerprint density at radius 1 is 1.00 bits per heavy atom. The van der Waals surface area contributed by atoms with Gasteiger partial charge in [-0.25, -0.2) is 9.37 Å². The number of hydrogen-bond acceptors (Lipinski definition) is 4. The first kappa shape index (κ1) is 17.0. The van der Waals surface area contributed by atoms with Crippen LogP contribution in [0.2, 0.25) is 0 Å². The van der Waals surface area contributed by atoms with Gasteiger partial charge in [-0.15, -0.1) is 0 Å².